The van der Waals surface area contributed by atoms with E-state index in [0.29, 0.717) is 29.8 Å². The number of benzene rings is 2. The Labute approximate surface area is 189 Å². The van der Waals surface area contributed by atoms with E-state index in [-0.39, 0.29) is 30.9 Å². The van der Waals surface area contributed by atoms with Crippen molar-refractivity contribution in [2.45, 2.75) is 17.9 Å². The topological polar surface area (TPSA) is 69.3 Å². The number of aryl methyl sites for hydroxylation is 1. The predicted molar refractivity (Wildman–Crippen MR) is 123 cm³/mol. The molecule has 2 aromatic carbocycles. The van der Waals surface area contributed by atoms with Crippen molar-refractivity contribution in [3.05, 3.63) is 59.9 Å². The third-order valence-electron chi connectivity index (χ3n) is 6.40. The van der Waals surface area contributed by atoms with Crippen LogP contribution in [-0.2, 0) is 10.0 Å². The summed E-state index contributed by atoms with van der Waals surface area (Å²) in [5.41, 5.74) is 4.11. The highest BCUT2D eigenvalue weighted by Gasteiger charge is 2.49. The molecule has 0 radical (unpaired) electrons. The van der Waals surface area contributed by atoms with E-state index in [0.717, 1.165) is 17.6 Å². The summed E-state index contributed by atoms with van der Waals surface area (Å²) in [5, 5.41) is 0. The summed E-state index contributed by atoms with van der Waals surface area (Å²) in [6.45, 7) is 4.22. The zero-order valence-corrected chi connectivity index (χ0v) is 19.3. The lowest BCUT2D eigenvalue weighted by Gasteiger charge is -2.27. The molecule has 2 aliphatic rings. The second kappa shape index (κ2) is 8.48. The quantitative estimate of drug-likeness (QED) is 0.636. The first-order valence-electron chi connectivity index (χ1n) is 9.64. The molecule has 162 valence electrons. The standard InChI is InChI=1S/C21H24N4O2S.2ClH/c1-14-5-3-4-6-17(14)21-18-12-25(11-15(18)10-24(21)2)28(26,27)16-7-8-19-20(9-16)23-13-22-19;;/h3-9,13,15,18,21H,10-12H2,1-2H3,(H,22,23);2*1H/t15-,18+,21-;;/m0../s1. The van der Waals surface area contributed by atoms with Gasteiger partial charge in [-0.2, -0.15) is 4.31 Å². The van der Waals surface area contributed by atoms with E-state index >= 15 is 0 Å². The van der Waals surface area contributed by atoms with Crippen LogP contribution in [0.3, 0.4) is 0 Å². The molecule has 0 amide bonds. The van der Waals surface area contributed by atoms with Gasteiger partial charge in [0.1, 0.15) is 0 Å². The predicted octanol–water partition coefficient (Wildman–Crippen LogP) is 3.64. The SMILES string of the molecule is Cc1ccccc1[C@H]1[C@@H]2CN(S(=O)(=O)c3ccc4nc[nH]c4c3)C[C@@H]2CN1C.Cl.Cl. The molecule has 30 heavy (non-hydrogen) atoms. The molecule has 3 aromatic rings. The van der Waals surface area contributed by atoms with Gasteiger partial charge >= 0.3 is 0 Å². The Hall–Kier alpha value is -1.64. The zero-order chi connectivity index (χ0) is 19.5. The zero-order valence-electron chi connectivity index (χ0n) is 16.9. The van der Waals surface area contributed by atoms with Crippen molar-refractivity contribution in [2.24, 2.45) is 11.8 Å². The molecule has 0 saturated carbocycles. The van der Waals surface area contributed by atoms with E-state index in [2.05, 4.69) is 53.1 Å². The number of sulfonamides is 1. The van der Waals surface area contributed by atoms with Crippen molar-refractivity contribution < 1.29 is 8.42 Å². The summed E-state index contributed by atoms with van der Waals surface area (Å²) in [6.07, 6.45) is 1.59. The van der Waals surface area contributed by atoms with Crippen LogP contribution in [0.2, 0.25) is 0 Å². The molecule has 0 spiro atoms. The number of halogens is 2. The molecule has 2 aliphatic heterocycles. The number of likely N-dealkylation sites (tertiary alicyclic amines) is 1. The van der Waals surface area contributed by atoms with Crippen molar-refractivity contribution in [3.8, 4) is 0 Å². The molecule has 0 aliphatic carbocycles. The third kappa shape index (κ3) is 3.63. The molecular weight excluding hydrogens is 443 g/mol. The van der Waals surface area contributed by atoms with Crippen LogP contribution in [0.25, 0.3) is 11.0 Å². The van der Waals surface area contributed by atoms with E-state index in [1.54, 1.807) is 28.8 Å². The van der Waals surface area contributed by atoms with Gasteiger partial charge in [-0.1, -0.05) is 24.3 Å². The van der Waals surface area contributed by atoms with Crippen LogP contribution in [0.1, 0.15) is 17.2 Å². The van der Waals surface area contributed by atoms with Crippen molar-refractivity contribution in [1.29, 1.82) is 0 Å². The average Bonchev–Trinajstić information content (AvgIpc) is 3.36. The molecule has 0 unspecified atom stereocenters. The van der Waals surface area contributed by atoms with Crippen LogP contribution in [-0.4, -0.2) is 54.3 Å². The Kier molecular flexibility index (Phi) is 6.51. The van der Waals surface area contributed by atoms with Gasteiger partial charge in [-0.05, 0) is 55.1 Å². The smallest absolute Gasteiger partial charge is 0.243 e. The van der Waals surface area contributed by atoms with Gasteiger partial charge in [0.2, 0.25) is 10.0 Å². The van der Waals surface area contributed by atoms with Crippen LogP contribution >= 0.6 is 24.8 Å². The van der Waals surface area contributed by atoms with E-state index in [1.165, 1.54) is 11.1 Å². The van der Waals surface area contributed by atoms with Crippen LogP contribution in [0, 0.1) is 18.8 Å². The molecule has 3 atom stereocenters. The minimum absolute atomic E-state index is 0. The van der Waals surface area contributed by atoms with Crippen molar-refractivity contribution in [2.75, 3.05) is 26.7 Å². The highest BCUT2D eigenvalue weighted by molar-refractivity contribution is 7.89. The number of nitrogens with zero attached hydrogens (tertiary/aromatic N) is 3. The first kappa shape index (κ1) is 23.0. The maximum absolute atomic E-state index is 13.3. The minimum Gasteiger partial charge on any atom is -0.345 e. The van der Waals surface area contributed by atoms with Gasteiger partial charge in [0.25, 0.3) is 0 Å². The van der Waals surface area contributed by atoms with E-state index in [9.17, 15) is 8.42 Å². The number of nitrogens with one attached hydrogen (secondary N) is 1. The summed E-state index contributed by atoms with van der Waals surface area (Å²) >= 11 is 0. The molecule has 9 heteroatoms. The van der Waals surface area contributed by atoms with Crippen LogP contribution in [0.15, 0.2) is 53.7 Å². The number of hydrogen-bond acceptors (Lipinski definition) is 4. The van der Waals surface area contributed by atoms with Crippen LogP contribution in [0.4, 0.5) is 0 Å². The highest BCUT2D eigenvalue weighted by atomic mass is 35.5. The maximum Gasteiger partial charge on any atom is 0.243 e. The van der Waals surface area contributed by atoms with Gasteiger partial charge in [0.05, 0.1) is 22.3 Å². The number of rotatable bonds is 3. The van der Waals surface area contributed by atoms with Gasteiger partial charge in [0, 0.05) is 25.7 Å². The second-order valence-corrected chi connectivity index (χ2v) is 10.0. The Balaban J connectivity index is 0.00000128. The first-order valence-corrected chi connectivity index (χ1v) is 11.1. The minimum atomic E-state index is -3.52. The molecule has 2 saturated heterocycles. The molecule has 6 nitrogen and oxygen atoms in total. The van der Waals surface area contributed by atoms with E-state index < -0.39 is 10.0 Å². The third-order valence-corrected chi connectivity index (χ3v) is 8.23. The lowest BCUT2D eigenvalue weighted by Crippen LogP contribution is -2.33. The molecule has 2 fully saturated rings. The largest absolute Gasteiger partial charge is 0.345 e. The summed E-state index contributed by atoms with van der Waals surface area (Å²) in [6, 6.07) is 13.8. The second-order valence-electron chi connectivity index (χ2n) is 8.07. The molecular formula is C21H26Cl2N4O2S. The van der Waals surface area contributed by atoms with Crippen LogP contribution in [0.5, 0.6) is 0 Å². The van der Waals surface area contributed by atoms with E-state index in [1.807, 2.05) is 0 Å². The summed E-state index contributed by atoms with van der Waals surface area (Å²) < 4.78 is 28.3. The van der Waals surface area contributed by atoms with Gasteiger partial charge < -0.3 is 4.98 Å². The monoisotopic (exact) mass is 468 g/mol. The number of aromatic nitrogens is 2. The summed E-state index contributed by atoms with van der Waals surface area (Å²) in [5.74, 6) is 0.678. The molecule has 3 heterocycles. The van der Waals surface area contributed by atoms with E-state index in [4.69, 9.17) is 0 Å². The fourth-order valence-corrected chi connectivity index (χ4v) is 6.59. The van der Waals surface area contributed by atoms with Crippen LogP contribution < -0.4 is 0 Å². The number of fused-ring (bicyclic) bond motifs is 2. The number of imidazole rings is 1. The van der Waals surface area contributed by atoms with Gasteiger partial charge in [-0.25, -0.2) is 13.4 Å². The Morgan fingerprint density at radius 2 is 1.83 bits per heavy atom. The molecule has 1 N–H and O–H groups in total. The Morgan fingerprint density at radius 1 is 1.07 bits per heavy atom. The molecule has 5 rings (SSSR count). The number of aromatic amines is 1. The van der Waals surface area contributed by atoms with Crippen molar-refractivity contribution in [1.82, 2.24) is 19.2 Å². The Bertz CT molecular complexity index is 1150. The molecule has 0 bridgehead atoms. The van der Waals surface area contributed by atoms with Crippen molar-refractivity contribution >= 4 is 45.9 Å². The fraction of sp³-hybridized carbons (Fsp3) is 0.381. The van der Waals surface area contributed by atoms with Gasteiger partial charge in [0.15, 0.2) is 0 Å². The number of H-pyrrole nitrogens is 1. The maximum atomic E-state index is 13.3. The lowest BCUT2D eigenvalue weighted by molar-refractivity contribution is 0.260. The number of hydrogen-bond donors (Lipinski definition) is 1. The fourth-order valence-electron chi connectivity index (χ4n) is 5.02. The molecule has 1 aromatic heterocycles. The van der Waals surface area contributed by atoms with Gasteiger partial charge in [-0.15, -0.1) is 24.8 Å². The summed E-state index contributed by atoms with van der Waals surface area (Å²) in [7, 11) is -1.36. The first-order chi connectivity index (χ1) is 13.4. The normalized spacial score (nSPS) is 24.4. The lowest BCUT2D eigenvalue weighted by atomic mass is 9.88. The average molecular weight is 469 g/mol. The highest BCUT2D eigenvalue weighted by Crippen LogP contribution is 2.46. The van der Waals surface area contributed by atoms with Gasteiger partial charge in [-0.3, -0.25) is 4.90 Å². The summed E-state index contributed by atoms with van der Waals surface area (Å²) in [4.78, 5) is 9.90. The Morgan fingerprint density at radius 3 is 2.60 bits per heavy atom. The van der Waals surface area contributed by atoms with Crippen molar-refractivity contribution in [3.63, 3.8) is 0 Å².